The number of halogens is 3. The van der Waals surface area contributed by atoms with Gasteiger partial charge in [-0.25, -0.2) is 23.1 Å². The summed E-state index contributed by atoms with van der Waals surface area (Å²) < 4.78 is 42.1. The third kappa shape index (κ3) is 4.93. The van der Waals surface area contributed by atoms with Gasteiger partial charge >= 0.3 is 0 Å². The smallest absolute Gasteiger partial charge is 0.280 e. The van der Waals surface area contributed by atoms with Crippen molar-refractivity contribution in [3.05, 3.63) is 119 Å². The Balaban J connectivity index is 1.91. The Labute approximate surface area is 201 Å². The lowest BCUT2D eigenvalue weighted by Gasteiger charge is -2.33. The fourth-order valence-electron chi connectivity index (χ4n) is 4.16. The molecule has 1 unspecified atom stereocenters. The number of hydrogen-bond acceptors (Lipinski definition) is 5. The topological polar surface area (TPSA) is 90.7 Å². The van der Waals surface area contributed by atoms with Gasteiger partial charge in [0, 0.05) is 35.4 Å². The largest absolute Gasteiger partial charge is 0.398 e. The molecule has 8 heteroatoms. The van der Waals surface area contributed by atoms with Gasteiger partial charge in [0.1, 0.15) is 17.8 Å². The Morgan fingerprint density at radius 2 is 1.77 bits per heavy atom. The van der Waals surface area contributed by atoms with Crippen molar-refractivity contribution in [2.24, 2.45) is 11.5 Å². The molecule has 1 atom stereocenters. The zero-order valence-corrected chi connectivity index (χ0v) is 19.0. The summed E-state index contributed by atoms with van der Waals surface area (Å²) in [6.07, 6.45) is 5.08. The van der Waals surface area contributed by atoms with E-state index in [1.54, 1.807) is 37.5 Å². The predicted octanol–water partition coefficient (Wildman–Crippen LogP) is 5.38. The van der Waals surface area contributed by atoms with Gasteiger partial charge in [-0.05, 0) is 53.8 Å². The minimum atomic E-state index is -2.78. The van der Waals surface area contributed by atoms with E-state index in [4.69, 9.17) is 11.5 Å². The Hall–Kier alpha value is -4.04. The molecule has 0 radical (unpaired) electrons. The number of allylic oxidation sites excluding steroid dienone is 1. The predicted molar refractivity (Wildman–Crippen MR) is 130 cm³/mol. The number of rotatable bonds is 7. The van der Waals surface area contributed by atoms with Crippen molar-refractivity contribution in [1.82, 2.24) is 15.0 Å². The molecule has 35 heavy (non-hydrogen) atoms. The van der Waals surface area contributed by atoms with E-state index in [0.717, 1.165) is 16.7 Å². The second-order valence-corrected chi connectivity index (χ2v) is 8.15. The molecule has 4 aromatic rings. The molecular weight excluding hydrogens is 451 g/mol. The molecule has 4 rings (SSSR count). The Morgan fingerprint density at radius 1 is 1.03 bits per heavy atom. The van der Waals surface area contributed by atoms with Crippen LogP contribution in [0, 0.1) is 5.82 Å². The van der Waals surface area contributed by atoms with Crippen LogP contribution in [-0.4, -0.2) is 15.0 Å². The summed E-state index contributed by atoms with van der Waals surface area (Å²) >= 11 is 0. The van der Waals surface area contributed by atoms with Crippen molar-refractivity contribution in [1.29, 1.82) is 0 Å². The molecular formula is C27H24F3N5. The van der Waals surface area contributed by atoms with Crippen LogP contribution in [0.3, 0.4) is 0 Å². The van der Waals surface area contributed by atoms with E-state index in [1.807, 2.05) is 24.3 Å². The normalized spacial score (nSPS) is 13.6. The maximum atomic E-state index is 15.0. The molecule has 0 aliphatic rings. The summed E-state index contributed by atoms with van der Waals surface area (Å²) in [5.41, 5.74) is 15.0. The van der Waals surface area contributed by atoms with Crippen LogP contribution in [0.4, 0.5) is 13.2 Å². The lowest BCUT2D eigenvalue weighted by Crippen LogP contribution is -2.41. The minimum absolute atomic E-state index is 0.139. The van der Waals surface area contributed by atoms with Gasteiger partial charge in [0.05, 0.1) is 5.54 Å². The van der Waals surface area contributed by atoms with E-state index in [0.29, 0.717) is 11.1 Å². The van der Waals surface area contributed by atoms with Crippen LogP contribution in [0.25, 0.3) is 16.8 Å². The first-order valence-corrected chi connectivity index (χ1v) is 10.9. The number of nitrogens with zero attached hydrogens (tertiary/aromatic N) is 3. The number of aromatic nitrogens is 3. The molecule has 0 aliphatic heterocycles. The third-order valence-electron chi connectivity index (χ3n) is 5.92. The number of alkyl halides is 2. The van der Waals surface area contributed by atoms with Crippen molar-refractivity contribution >= 4 is 5.70 Å². The molecule has 2 heterocycles. The van der Waals surface area contributed by atoms with Gasteiger partial charge in [0.25, 0.3) is 6.43 Å². The van der Waals surface area contributed by atoms with Gasteiger partial charge in [0.15, 0.2) is 0 Å². The molecule has 2 aromatic carbocycles. The Morgan fingerprint density at radius 3 is 2.49 bits per heavy atom. The van der Waals surface area contributed by atoms with Crippen LogP contribution < -0.4 is 11.5 Å². The summed E-state index contributed by atoms with van der Waals surface area (Å²) in [5, 5.41) is 0. The van der Waals surface area contributed by atoms with Gasteiger partial charge in [0.2, 0.25) is 0 Å². The molecule has 0 spiro atoms. The van der Waals surface area contributed by atoms with Crippen LogP contribution in [0.2, 0.25) is 0 Å². The van der Waals surface area contributed by atoms with E-state index in [2.05, 4.69) is 15.0 Å². The first-order chi connectivity index (χ1) is 16.8. The van der Waals surface area contributed by atoms with Crippen molar-refractivity contribution in [3.63, 3.8) is 0 Å². The maximum absolute atomic E-state index is 15.0. The molecule has 0 saturated heterocycles. The van der Waals surface area contributed by atoms with Crippen LogP contribution in [0.5, 0.6) is 0 Å². The van der Waals surface area contributed by atoms with Crippen LogP contribution in [0.15, 0.2) is 85.6 Å². The second kappa shape index (κ2) is 10.1. The average molecular weight is 476 g/mol. The van der Waals surface area contributed by atoms with Crippen molar-refractivity contribution in [2.45, 2.75) is 25.3 Å². The number of pyridine rings is 1. The average Bonchev–Trinajstić information content (AvgIpc) is 2.88. The van der Waals surface area contributed by atoms with Crippen molar-refractivity contribution < 1.29 is 13.2 Å². The van der Waals surface area contributed by atoms with Crippen LogP contribution >= 0.6 is 0 Å². The van der Waals surface area contributed by atoms with E-state index in [1.165, 1.54) is 30.7 Å². The van der Waals surface area contributed by atoms with E-state index >= 15 is 4.39 Å². The highest BCUT2D eigenvalue weighted by molar-refractivity contribution is 5.69. The second-order valence-electron chi connectivity index (χ2n) is 8.15. The monoisotopic (exact) mass is 475 g/mol. The highest BCUT2D eigenvalue weighted by atomic mass is 19.3. The van der Waals surface area contributed by atoms with Gasteiger partial charge in [-0.1, -0.05) is 42.5 Å². The molecule has 0 bridgehead atoms. The summed E-state index contributed by atoms with van der Waals surface area (Å²) in [6, 6.07) is 14.9. The molecule has 5 nitrogen and oxygen atoms in total. The van der Waals surface area contributed by atoms with Gasteiger partial charge < -0.3 is 11.5 Å². The van der Waals surface area contributed by atoms with Crippen LogP contribution in [0.1, 0.15) is 41.3 Å². The highest BCUT2D eigenvalue weighted by Crippen LogP contribution is 2.37. The standard InChI is InChI=1S/C27H24F3N5/c1-2-23(31)25-21(7-4-8-22(25)28)27(32,20-9-10-35-24(12-20)26(29)30)13-17-5-3-6-18(11-17)19-14-33-16-34-15-19/h2-12,14-16,26H,13,31-32H2,1H3/b23-2+. The molecule has 0 fully saturated rings. The van der Waals surface area contributed by atoms with Gasteiger partial charge in [-0.15, -0.1) is 0 Å². The zero-order chi connectivity index (χ0) is 25.0. The van der Waals surface area contributed by atoms with Gasteiger partial charge in [-0.3, -0.25) is 4.98 Å². The molecule has 2 aromatic heterocycles. The first kappa shape index (κ1) is 24.1. The quantitative estimate of drug-likeness (QED) is 0.375. The minimum Gasteiger partial charge on any atom is -0.398 e. The highest BCUT2D eigenvalue weighted by Gasteiger charge is 2.35. The Bertz CT molecular complexity index is 1360. The van der Waals surface area contributed by atoms with E-state index in [-0.39, 0.29) is 17.7 Å². The summed E-state index contributed by atoms with van der Waals surface area (Å²) in [7, 11) is 0. The van der Waals surface area contributed by atoms with E-state index in [9.17, 15) is 8.78 Å². The summed E-state index contributed by atoms with van der Waals surface area (Å²) in [5.74, 6) is -0.550. The zero-order valence-electron chi connectivity index (χ0n) is 19.0. The molecule has 0 aliphatic carbocycles. The van der Waals surface area contributed by atoms with Crippen molar-refractivity contribution in [2.75, 3.05) is 0 Å². The lowest BCUT2D eigenvalue weighted by molar-refractivity contribution is 0.146. The molecule has 0 saturated carbocycles. The van der Waals surface area contributed by atoms with Gasteiger partial charge in [-0.2, -0.15) is 0 Å². The third-order valence-corrected chi connectivity index (χ3v) is 5.92. The first-order valence-electron chi connectivity index (χ1n) is 10.9. The molecule has 4 N–H and O–H groups in total. The van der Waals surface area contributed by atoms with Crippen LogP contribution in [-0.2, 0) is 12.0 Å². The van der Waals surface area contributed by atoms with E-state index < -0.39 is 23.5 Å². The maximum Gasteiger partial charge on any atom is 0.280 e. The number of nitrogens with two attached hydrogens (primary N) is 2. The Kier molecular flexibility index (Phi) is 6.93. The lowest BCUT2D eigenvalue weighted by atomic mass is 9.76. The summed E-state index contributed by atoms with van der Waals surface area (Å²) in [6.45, 7) is 1.69. The number of hydrogen-bond donors (Lipinski definition) is 2. The molecule has 0 amide bonds. The molecule has 178 valence electrons. The fraction of sp³-hybridized carbons (Fsp3) is 0.148. The van der Waals surface area contributed by atoms with Crippen molar-refractivity contribution in [3.8, 4) is 11.1 Å². The SMILES string of the molecule is C/C=C(/N)c1c(F)cccc1C(N)(Cc1cccc(-c2cncnc2)c1)c1ccnc(C(F)F)c1. The number of benzene rings is 2. The summed E-state index contributed by atoms with van der Waals surface area (Å²) in [4.78, 5) is 11.9. The fourth-order valence-corrected chi connectivity index (χ4v) is 4.16.